The number of rotatable bonds is 0. The molecule has 4 rings (SSSR count). The van der Waals surface area contributed by atoms with Gasteiger partial charge in [-0.1, -0.05) is 20.8 Å². The van der Waals surface area contributed by atoms with E-state index in [9.17, 15) is 9.59 Å². The van der Waals surface area contributed by atoms with Crippen molar-refractivity contribution < 1.29 is 9.59 Å². The summed E-state index contributed by atoms with van der Waals surface area (Å²) in [6.45, 7) is 7.07. The molecule has 22 heavy (non-hydrogen) atoms. The van der Waals surface area contributed by atoms with Crippen LogP contribution >= 0.6 is 0 Å². The maximum absolute atomic E-state index is 12.4. The fraction of sp³-hybridized carbons (Fsp3) is 0.900. The first kappa shape index (κ1) is 14.9. The molecule has 4 aliphatic carbocycles. The molecule has 2 heteroatoms. The second-order valence-electron chi connectivity index (χ2n) is 9.28. The summed E-state index contributed by atoms with van der Waals surface area (Å²) in [4.78, 5) is 24.5. The lowest BCUT2D eigenvalue weighted by Gasteiger charge is -2.61. The molecule has 0 spiro atoms. The zero-order valence-electron chi connectivity index (χ0n) is 14.4. The lowest BCUT2D eigenvalue weighted by atomic mass is 9.43. The number of carbonyl (C=O) groups is 2. The Morgan fingerprint density at radius 1 is 0.955 bits per heavy atom. The average molecular weight is 302 g/mol. The molecular formula is C20H30O2. The van der Waals surface area contributed by atoms with Gasteiger partial charge >= 0.3 is 0 Å². The molecule has 4 saturated carbocycles. The van der Waals surface area contributed by atoms with Crippen LogP contribution in [-0.4, -0.2) is 11.6 Å². The zero-order chi connectivity index (χ0) is 15.7. The zero-order valence-corrected chi connectivity index (χ0v) is 14.4. The van der Waals surface area contributed by atoms with Gasteiger partial charge in [-0.25, -0.2) is 0 Å². The molecule has 0 heterocycles. The smallest absolute Gasteiger partial charge is 0.139 e. The molecule has 0 radical (unpaired) electrons. The molecule has 0 N–H and O–H groups in total. The summed E-state index contributed by atoms with van der Waals surface area (Å²) in [5.41, 5.74) is 0.321. The van der Waals surface area contributed by atoms with Crippen molar-refractivity contribution in [1.29, 1.82) is 0 Å². The molecule has 0 aromatic heterocycles. The van der Waals surface area contributed by atoms with Crippen LogP contribution in [-0.2, 0) is 9.59 Å². The molecule has 0 saturated heterocycles. The number of hydrogen-bond donors (Lipinski definition) is 0. The summed E-state index contributed by atoms with van der Waals surface area (Å²) in [6, 6.07) is 0. The van der Waals surface area contributed by atoms with Crippen molar-refractivity contribution in [3.8, 4) is 0 Å². The number of Topliss-reactive ketones (excluding diaryl/α,β-unsaturated/α-hetero) is 2. The second kappa shape index (κ2) is 4.68. The van der Waals surface area contributed by atoms with E-state index in [1.165, 1.54) is 19.3 Å². The Morgan fingerprint density at radius 2 is 1.73 bits per heavy atom. The van der Waals surface area contributed by atoms with Crippen molar-refractivity contribution in [3.63, 3.8) is 0 Å². The molecule has 0 aliphatic heterocycles. The van der Waals surface area contributed by atoms with Gasteiger partial charge in [0.05, 0.1) is 0 Å². The van der Waals surface area contributed by atoms with Crippen LogP contribution < -0.4 is 0 Å². The van der Waals surface area contributed by atoms with Crippen LogP contribution in [0.3, 0.4) is 0 Å². The quantitative estimate of drug-likeness (QED) is 0.664. The van der Waals surface area contributed by atoms with Gasteiger partial charge in [-0.2, -0.15) is 0 Å². The Kier molecular flexibility index (Phi) is 3.17. The van der Waals surface area contributed by atoms with E-state index < -0.39 is 0 Å². The number of ketones is 2. The van der Waals surface area contributed by atoms with Crippen LogP contribution in [0.15, 0.2) is 0 Å². The van der Waals surface area contributed by atoms with Crippen LogP contribution in [0, 0.1) is 40.4 Å². The molecule has 7 atom stereocenters. The van der Waals surface area contributed by atoms with E-state index in [2.05, 4.69) is 20.8 Å². The molecule has 0 amide bonds. The molecular weight excluding hydrogens is 272 g/mol. The van der Waals surface area contributed by atoms with E-state index in [-0.39, 0.29) is 5.41 Å². The molecule has 0 aromatic carbocycles. The van der Waals surface area contributed by atoms with Crippen molar-refractivity contribution in [3.05, 3.63) is 0 Å². The standard InChI is InChI=1S/C20H30O2/c1-12-10-14(21)11-13-4-5-15-16-6-7-18(22)19(16,2)9-8-17(15)20(12,13)3/h12-13,15-17H,4-11H2,1-3H3/t12-,13+,15+,16+,17+,19+,20+/m1/s1. The van der Waals surface area contributed by atoms with Gasteiger partial charge in [0.25, 0.3) is 0 Å². The lowest BCUT2D eigenvalue weighted by molar-refractivity contribution is -0.153. The largest absolute Gasteiger partial charge is 0.300 e. The molecule has 4 aliphatic rings. The molecule has 2 nitrogen and oxygen atoms in total. The lowest BCUT2D eigenvalue weighted by Crippen LogP contribution is -2.56. The second-order valence-corrected chi connectivity index (χ2v) is 9.28. The van der Waals surface area contributed by atoms with Gasteiger partial charge in [-0.15, -0.1) is 0 Å². The predicted molar refractivity (Wildman–Crippen MR) is 86.3 cm³/mol. The van der Waals surface area contributed by atoms with Crippen molar-refractivity contribution in [1.82, 2.24) is 0 Å². The van der Waals surface area contributed by atoms with Gasteiger partial charge in [-0.05, 0) is 67.1 Å². The fourth-order valence-corrected chi connectivity index (χ4v) is 7.25. The number of hydrogen-bond acceptors (Lipinski definition) is 2. The molecule has 122 valence electrons. The summed E-state index contributed by atoms with van der Waals surface area (Å²) >= 11 is 0. The topological polar surface area (TPSA) is 34.1 Å². The minimum atomic E-state index is -0.0158. The van der Waals surface area contributed by atoms with Crippen LogP contribution in [0.25, 0.3) is 0 Å². The Bertz CT molecular complexity index is 524. The first-order valence-electron chi connectivity index (χ1n) is 9.42. The highest BCUT2D eigenvalue weighted by molar-refractivity contribution is 5.87. The summed E-state index contributed by atoms with van der Waals surface area (Å²) in [5.74, 6) is 4.27. The predicted octanol–water partition coefficient (Wildman–Crippen LogP) is 4.41. The maximum atomic E-state index is 12.4. The average Bonchev–Trinajstić information content (AvgIpc) is 2.77. The van der Waals surface area contributed by atoms with Gasteiger partial charge in [0.1, 0.15) is 11.6 Å². The van der Waals surface area contributed by atoms with Gasteiger partial charge in [0.2, 0.25) is 0 Å². The summed E-state index contributed by atoms with van der Waals surface area (Å²) < 4.78 is 0. The summed E-state index contributed by atoms with van der Waals surface area (Å²) in [6.07, 6.45) is 8.35. The fourth-order valence-electron chi connectivity index (χ4n) is 7.25. The highest BCUT2D eigenvalue weighted by Crippen LogP contribution is 2.66. The van der Waals surface area contributed by atoms with E-state index in [0.29, 0.717) is 34.7 Å². The van der Waals surface area contributed by atoms with E-state index in [0.717, 1.165) is 43.9 Å². The van der Waals surface area contributed by atoms with Crippen molar-refractivity contribution >= 4 is 11.6 Å². The molecule has 4 fully saturated rings. The van der Waals surface area contributed by atoms with Crippen LogP contribution in [0.2, 0.25) is 0 Å². The number of carbonyl (C=O) groups excluding carboxylic acids is 2. The van der Waals surface area contributed by atoms with Gasteiger partial charge in [0.15, 0.2) is 0 Å². The first-order valence-corrected chi connectivity index (χ1v) is 9.42. The molecule has 0 aromatic rings. The van der Waals surface area contributed by atoms with E-state index in [1.807, 2.05) is 0 Å². The summed E-state index contributed by atoms with van der Waals surface area (Å²) in [5, 5.41) is 0. The highest BCUT2D eigenvalue weighted by Gasteiger charge is 2.61. The third-order valence-electron chi connectivity index (χ3n) is 8.74. The Labute approximate surface area is 134 Å². The van der Waals surface area contributed by atoms with E-state index in [1.54, 1.807) is 0 Å². The van der Waals surface area contributed by atoms with Crippen LogP contribution in [0.1, 0.15) is 72.1 Å². The third kappa shape index (κ3) is 1.73. The van der Waals surface area contributed by atoms with Crippen LogP contribution in [0.4, 0.5) is 0 Å². The Hall–Kier alpha value is -0.660. The van der Waals surface area contributed by atoms with E-state index >= 15 is 0 Å². The van der Waals surface area contributed by atoms with Crippen molar-refractivity contribution in [2.45, 2.75) is 72.1 Å². The summed E-state index contributed by atoms with van der Waals surface area (Å²) in [7, 11) is 0. The van der Waals surface area contributed by atoms with Gasteiger partial charge < -0.3 is 0 Å². The normalized spacial score (nSPS) is 54.6. The van der Waals surface area contributed by atoms with Gasteiger partial charge in [-0.3, -0.25) is 9.59 Å². The SMILES string of the molecule is C[C@@H]1CC(=O)C[C@@H]2CC[C@@H]3[C@H](CC[C@]4(C)C(=O)CC[C@@H]34)[C@]21C. The third-order valence-corrected chi connectivity index (χ3v) is 8.74. The molecule has 0 unspecified atom stereocenters. The Balaban J connectivity index is 1.69. The number of fused-ring (bicyclic) bond motifs is 5. The van der Waals surface area contributed by atoms with E-state index in [4.69, 9.17) is 0 Å². The minimum absolute atomic E-state index is 0.0158. The monoisotopic (exact) mass is 302 g/mol. The molecule has 0 bridgehead atoms. The minimum Gasteiger partial charge on any atom is -0.300 e. The first-order chi connectivity index (χ1) is 10.4. The van der Waals surface area contributed by atoms with Gasteiger partial charge in [0, 0.05) is 24.7 Å². The highest BCUT2D eigenvalue weighted by atomic mass is 16.1. The van der Waals surface area contributed by atoms with Crippen molar-refractivity contribution in [2.75, 3.05) is 0 Å². The maximum Gasteiger partial charge on any atom is 0.139 e. The van der Waals surface area contributed by atoms with Crippen molar-refractivity contribution in [2.24, 2.45) is 40.4 Å². The Morgan fingerprint density at radius 3 is 2.50 bits per heavy atom. The van der Waals surface area contributed by atoms with Crippen LogP contribution in [0.5, 0.6) is 0 Å².